The van der Waals surface area contributed by atoms with Crippen LogP contribution < -0.4 is 5.32 Å². The molecule has 0 aliphatic carbocycles. The predicted molar refractivity (Wildman–Crippen MR) is 130 cm³/mol. The summed E-state index contributed by atoms with van der Waals surface area (Å²) >= 11 is 3.11. The smallest absolute Gasteiger partial charge is 0.239 e. The Balaban J connectivity index is 1.22. The van der Waals surface area contributed by atoms with Crippen molar-refractivity contribution in [2.75, 3.05) is 38.0 Å². The zero-order chi connectivity index (χ0) is 21.8. The number of thiazole rings is 1. The van der Waals surface area contributed by atoms with Crippen LogP contribution in [0.3, 0.4) is 0 Å². The molecule has 2 aliphatic rings. The number of aromatic nitrogens is 3. The van der Waals surface area contributed by atoms with Crippen molar-refractivity contribution in [2.24, 2.45) is 0 Å². The third-order valence-corrected chi connectivity index (χ3v) is 7.88. The van der Waals surface area contributed by atoms with Gasteiger partial charge in [0.2, 0.25) is 5.91 Å². The number of piperidine rings is 2. The standard InChI is InChI=1S/C23H28N6OS2/c30-21(16-28-11-6-17(7-12-28)29-9-2-1-3-10-29)26-20-15-18(23-24-8-14-32-23)25-22(27-20)19-5-4-13-31-19/h4-5,8,13-15,17H,1-3,6-7,9-12,16H2,(H,25,26,27,30). The summed E-state index contributed by atoms with van der Waals surface area (Å²) in [6, 6.07) is 6.47. The molecule has 1 N–H and O–H groups in total. The molecule has 5 rings (SSSR count). The highest BCUT2D eigenvalue weighted by Crippen LogP contribution is 2.28. The summed E-state index contributed by atoms with van der Waals surface area (Å²) in [4.78, 5) is 32.4. The fourth-order valence-corrected chi connectivity index (χ4v) is 5.85. The molecule has 9 heteroatoms. The van der Waals surface area contributed by atoms with Gasteiger partial charge < -0.3 is 10.2 Å². The van der Waals surface area contributed by atoms with Crippen molar-refractivity contribution < 1.29 is 4.79 Å². The van der Waals surface area contributed by atoms with Crippen molar-refractivity contribution in [1.82, 2.24) is 24.8 Å². The van der Waals surface area contributed by atoms with Crippen molar-refractivity contribution in [3.63, 3.8) is 0 Å². The summed E-state index contributed by atoms with van der Waals surface area (Å²) in [5.74, 6) is 1.12. The minimum Gasteiger partial charge on any atom is -0.309 e. The maximum Gasteiger partial charge on any atom is 0.239 e. The van der Waals surface area contributed by atoms with Gasteiger partial charge >= 0.3 is 0 Å². The first-order valence-electron chi connectivity index (χ1n) is 11.3. The normalized spacial score (nSPS) is 18.6. The van der Waals surface area contributed by atoms with Crippen LogP contribution in [0.2, 0.25) is 0 Å². The molecule has 3 aromatic heterocycles. The van der Waals surface area contributed by atoms with Gasteiger partial charge in [0, 0.05) is 36.8 Å². The van der Waals surface area contributed by atoms with Crippen LogP contribution >= 0.6 is 22.7 Å². The molecule has 3 aromatic rings. The molecule has 2 fully saturated rings. The van der Waals surface area contributed by atoms with E-state index in [4.69, 9.17) is 0 Å². The number of nitrogens with zero attached hydrogens (tertiary/aromatic N) is 5. The van der Waals surface area contributed by atoms with E-state index in [9.17, 15) is 4.79 Å². The van der Waals surface area contributed by atoms with E-state index in [1.54, 1.807) is 17.5 Å². The molecular formula is C23H28N6OS2. The molecule has 0 spiro atoms. The van der Waals surface area contributed by atoms with Crippen LogP contribution in [-0.2, 0) is 4.79 Å². The van der Waals surface area contributed by atoms with Gasteiger partial charge in [0.1, 0.15) is 16.5 Å². The monoisotopic (exact) mass is 468 g/mol. The lowest BCUT2D eigenvalue weighted by molar-refractivity contribution is -0.117. The average molecular weight is 469 g/mol. The van der Waals surface area contributed by atoms with E-state index in [-0.39, 0.29) is 5.91 Å². The van der Waals surface area contributed by atoms with E-state index in [0.29, 0.717) is 24.2 Å². The van der Waals surface area contributed by atoms with E-state index in [2.05, 4.69) is 30.1 Å². The van der Waals surface area contributed by atoms with Gasteiger partial charge in [-0.2, -0.15) is 0 Å². The minimum atomic E-state index is -0.0256. The van der Waals surface area contributed by atoms with Gasteiger partial charge in [-0.1, -0.05) is 12.5 Å². The minimum absolute atomic E-state index is 0.0256. The van der Waals surface area contributed by atoms with E-state index >= 15 is 0 Å². The number of likely N-dealkylation sites (tertiary alicyclic amines) is 2. The average Bonchev–Trinajstić information content (AvgIpc) is 3.55. The lowest BCUT2D eigenvalue weighted by Crippen LogP contribution is -2.48. The molecule has 0 bridgehead atoms. The van der Waals surface area contributed by atoms with E-state index < -0.39 is 0 Å². The maximum absolute atomic E-state index is 12.8. The summed E-state index contributed by atoms with van der Waals surface area (Å²) in [5, 5.41) is 7.75. The highest BCUT2D eigenvalue weighted by molar-refractivity contribution is 7.13. The van der Waals surface area contributed by atoms with Crippen molar-refractivity contribution >= 4 is 34.4 Å². The Morgan fingerprint density at radius 2 is 1.91 bits per heavy atom. The fraction of sp³-hybridized carbons (Fsp3) is 0.478. The first kappa shape index (κ1) is 21.6. The molecule has 7 nitrogen and oxygen atoms in total. The Hall–Kier alpha value is -2.20. The second kappa shape index (κ2) is 10.2. The quantitative estimate of drug-likeness (QED) is 0.584. The molecule has 0 aromatic carbocycles. The van der Waals surface area contributed by atoms with Gasteiger partial charge in [0.15, 0.2) is 5.82 Å². The van der Waals surface area contributed by atoms with Crippen LogP contribution in [0.15, 0.2) is 35.2 Å². The van der Waals surface area contributed by atoms with E-state index in [0.717, 1.165) is 41.5 Å². The van der Waals surface area contributed by atoms with Crippen LogP contribution in [0, 0.1) is 0 Å². The van der Waals surface area contributed by atoms with Gasteiger partial charge in [0.25, 0.3) is 0 Å². The second-order valence-corrected chi connectivity index (χ2v) is 10.3. The van der Waals surface area contributed by atoms with Crippen molar-refractivity contribution in [3.8, 4) is 21.4 Å². The number of rotatable bonds is 6. The Labute approximate surface area is 196 Å². The van der Waals surface area contributed by atoms with Crippen LogP contribution in [0.5, 0.6) is 0 Å². The molecule has 2 saturated heterocycles. The second-order valence-electron chi connectivity index (χ2n) is 8.43. The summed E-state index contributed by atoms with van der Waals surface area (Å²) in [7, 11) is 0. The topological polar surface area (TPSA) is 74.2 Å². The number of anilines is 1. The van der Waals surface area contributed by atoms with Crippen LogP contribution in [0.25, 0.3) is 21.4 Å². The Morgan fingerprint density at radius 3 is 2.62 bits per heavy atom. The van der Waals surface area contributed by atoms with Gasteiger partial charge in [-0.25, -0.2) is 15.0 Å². The summed E-state index contributed by atoms with van der Waals surface area (Å²) in [6.45, 7) is 4.84. The fourth-order valence-electron chi connectivity index (χ4n) is 4.60. The first-order valence-corrected chi connectivity index (χ1v) is 13.1. The molecule has 0 saturated carbocycles. The van der Waals surface area contributed by atoms with E-state index in [1.165, 1.54) is 43.7 Å². The van der Waals surface area contributed by atoms with Gasteiger partial charge in [0.05, 0.1) is 11.4 Å². The molecule has 168 valence electrons. The number of thiophene rings is 1. The molecule has 2 aliphatic heterocycles. The van der Waals surface area contributed by atoms with Crippen molar-refractivity contribution in [2.45, 2.75) is 38.1 Å². The number of carbonyl (C=O) groups is 1. The lowest BCUT2D eigenvalue weighted by atomic mass is 10.00. The SMILES string of the molecule is O=C(CN1CCC(N2CCCCC2)CC1)Nc1cc(-c2nccs2)nc(-c2cccs2)n1. The third kappa shape index (κ3) is 5.23. The zero-order valence-corrected chi connectivity index (χ0v) is 19.7. The van der Waals surface area contributed by atoms with E-state index in [1.807, 2.05) is 29.0 Å². The number of nitrogens with one attached hydrogen (secondary N) is 1. The van der Waals surface area contributed by atoms with Gasteiger partial charge in [-0.05, 0) is 50.2 Å². The first-order chi connectivity index (χ1) is 15.7. The number of hydrogen-bond donors (Lipinski definition) is 1. The largest absolute Gasteiger partial charge is 0.309 e. The van der Waals surface area contributed by atoms with Gasteiger partial charge in [-0.15, -0.1) is 22.7 Å². The number of carbonyl (C=O) groups excluding carboxylic acids is 1. The van der Waals surface area contributed by atoms with Crippen LogP contribution in [0.4, 0.5) is 5.82 Å². The third-order valence-electron chi connectivity index (χ3n) is 6.22. The van der Waals surface area contributed by atoms with Gasteiger partial charge in [-0.3, -0.25) is 9.69 Å². The summed E-state index contributed by atoms with van der Waals surface area (Å²) in [6.07, 6.45) is 8.10. The molecule has 0 radical (unpaired) electrons. The Bertz CT molecular complexity index is 957. The summed E-state index contributed by atoms with van der Waals surface area (Å²) < 4.78 is 0. The molecule has 1 amide bonds. The molecule has 0 unspecified atom stereocenters. The lowest BCUT2D eigenvalue weighted by Gasteiger charge is -2.40. The van der Waals surface area contributed by atoms with Crippen molar-refractivity contribution in [1.29, 1.82) is 0 Å². The molecule has 32 heavy (non-hydrogen) atoms. The van der Waals surface area contributed by atoms with Crippen molar-refractivity contribution in [3.05, 3.63) is 35.2 Å². The Morgan fingerprint density at radius 1 is 1.06 bits per heavy atom. The number of amides is 1. The maximum atomic E-state index is 12.8. The highest BCUT2D eigenvalue weighted by atomic mass is 32.1. The number of hydrogen-bond acceptors (Lipinski definition) is 8. The molecule has 0 atom stereocenters. The molecular weight excluding hydrogens is 440 g/mol. The highest BCUT2D eigenvalue weighted by Gasteiger charge is 2.26. The van der Waals surface area contributed by atoms with Crippen LogP contribution in [0.1, 0.15) is 32.1 Å². The zero-order valence-electron chi connectivity index (χ0n) is 18.1. The van der Waals surface area contributed by atoms with Crippen LogP contribution in [-0.4, -0.2) is 69.4 Å². The Kier molecular flexibility index (Phi) is 6.87. The predicted octanol–water partition coefficient (Wildman–Crippen LogP) is 4.22. The molecule has 5 heterocycles. The summed E-state index contributed by atoms with van der Waals surface area (Å²) in [5.41, 5.74) is 0.732.